The van der Waals surface area contributed by atoms with Gasteiger partial charge in [0.1, 0.15) is 17.5 Å². The van der Waals surface area contributed by atoms with Crippen LogP contribution in [-0.4, -0.2) is 47.0 Å². The average molecular weight is 569 g/mol. The first-order valence-electron chi connectivity index (χ1n) is 12.1. The molecule has 1 atom stereocenters. The fourth-order valence-corrected chi connectivity index (χ4v) is 5.29. The summed E-state index contributed by atoms with van der Waals surface area (Å²) >= 11 is 12.6. The van der Waals surface area contributed by atoms with Crippen LogP contribution in [0.4, 0.5) is 14.6 Å². The molecule has 6 rings (SSSR count). The maximum atomic E-state index is 15.3. The van der Waals surface area contributed by atoms with Gasteiger partial charge in [0.25, 0.3) is 5.91 Å². The van der Waals surface area contributed by atoms with E-state index in [1.807, 2.05) is 4.90 Å². The Morgan fingerprint density at radius 2 is 1.62 bits per heavy atom. The van der Waals surface area contributed by atoms with Gasteiger partial charge in [0, 0.05) is 55.2 Å². The van der Waals surface area contributed by atoms with Gasteiger partial charge >= 0.3 is 5.79 Å². The van der Waals surface area contributed by atoms with Gasteiger partial charge in [0.15, 0.2) is 11.5 Å². The zero-order valence-electron chi connectivity index (χ0n) is 20.3. The van der Waals surface area contributed by atoms with Crippen LogP contribution in [-0.2, 0) is 5.79 Å². The van der Waals surface area contributed by atoms with Crippen LogP contribution in [0.3, 0.4) is 0 Å². The molecule has 2 aliphatic rings. The number of hydrogen-bond acceptors (Lipinski definition) is 6. The van der Waals surface area contributed by atoms with Crippen molar-refractivity contribution in [2.45, 2.75) is 5.79 Å². The standard InChI is InChI=1S/C28H20Cl2F2N4O3/c29-18-3-6-21(22(30)13-18)28(17-1-4-19(31)5-2-17)38-24-14-20(23(32)15-25(24)39-28)27(37)36-11-9-35(10-12-36)26-16-33-7-8-34-26/h1-8,13-16H,9-12H2. The Bertz CT molecular complexity index is 1550. The van der Waals surface area contributed by atoms with Crippen LogP contribution in [0.15, 0.2) is 73.2 Å². The van der Waals surface area contributed by atoms with Crippen molar-refractivity contribution in [1.82, 2.24) is 14.9 Å². The van der Waals surface area contributed by atoms with E-state index in [0.717, 1.165) is 11.9 Å². The first-order valence-corrected chi connectivity index (χ1v) is 12.8. The smallest absolute Gasteiger partial charge is 0.307 e. The van der Waals surface area contributed by atoms with Crippen LogP contribution >= 0.6 is 23.2 Å². The predicted molar refractivity (Wildman–Crippen MR) is 141 cm³/mol. The Hall–Kier alpha value is -3.95. The van der Waals surface area contributed by atoms with E-state index in [1.54, 1.807) is 35.6 Å². The minimum Gasteiger partial charge on any atom is -0.440 e. The number of fused-ring (bicyclic) bond motifs is 1. The minimum atomic E-state index is -1.66. The van der Waals surface area contributed by atoms with Crippen LogP contribution in [0, 0.1) is 11.6 Å². The summed E-state index contributed by atoms with van der Waals surface area (Å²) in [5.41, 5.74) is 0.643. The lowest BCUT2D eigenvalue weighted by Crippen LogP contribution is -2.49. The van der Waals surface area contributed by atoms with Gasteiger partial charge in [-0.05, 0) is 48.5 Å². The van der Waals surface area contributed by atoms with Crippen molar-refractivity contribution in [3.63, 3.8) is 0 Å². The molecular formula is C28H20Cl2F2N4O3. The van der Waals surface area contributed by atoms with E-state index in [0.29, 0.717) is 42.3 Å². The van der Waals surface area contributed by atoms with E-state index >= 15 is 4.39 Å². The maximum Gasteiger partial charge on any atom is 0.307 e. The zero-order chi connectivity index (χ0) is 27.1. The SMILES string of the molecule is O=C(c1cc2c(cc1F)OC(c1ccc(F)cc1)(c1ccc(Cl)cc1Cl)O2)N1CCN(c2cnccn2)CC1. The lowest BCUT2D eigenvalue weighted by Gasteiger charge is -2.35. The summed E-state index contributed by atoms with van der Waals surface area (Å²) in [6.45, 7) is 1.81. The summed E-state index contributed by atoms with van der Waals surface area (Å²) in [5.74, 6) is -2.40. The van der Waals surface area contributed by atoms with Crippen LogP contribution < -0.4 is 14.4 Å². The normalized spacial score (nSPS) is 18.4. The number of aromatic nitrogens is 2. The molecule has 0 bridgehead atoms. The van der Waals surface area contributed by atoms with Gasteiger partial charge in [-0.3, -0.25) is 9.78 Å². The number of amides is 1. The Labute approximate surface area is 232 Å². The summed E-state index contributed by atoms with van der Waals surface area (Å²) in [7, 11) is 0. The van der Waals surface area contributed by atoms with Gasteiger partial charge in [-0.2, -0.15) is 0 Å². The Morgan fingerprint density at radius 3 is 2.28 bits per heavy atom. The third kappa shape index (κ3) is 4.62. The first-order chi connectivity index (χ1) is 18.8. The van der Waals surface area contributed by atoms with Gasteiger partial charge in [-0.25, -0.2) is 13.8 Å². The minimum absolute atomic E-state index is 0.0758. The van der Waals surface area contributed by atoms with E-state index in [1.165, 1.54) is 36.4 Å². The monoisotopic (exact) mass is 568 g/mol. The van der Waals surface area contributed by atoms with Crippen molar-refractivity contribution < 1.29 is 23.0 Å². The third-order valence-corrected chi connectivity index (χ3v) is 7.27. The second-order valence-electron chi connectivity index (χ2n) is 9.07. The highest BCUT2D eigenvalue weighted by atomic mass is 35.5. The highest BCUT2D eigenvalue weighted by Crippen LogP contribution is 2.50. The summed E-state index contributed by atoms with van der Waals surface area (Å²) in [4.78, 5) is 25.3. The number of halogens is 4. The summed E-state index contributed by atoms with van der Waals surface area (Å²) in [5, 5.41) is 0.629. The highest BCUT2D eigenvalue weighted by molar-refractivity contribution is 6.35. The summed E-state index contributed by atoms with van der Waals surface area (Å²) in [6.07, 6.45) is 4.87. The molecule has 0 radical (unpaired) electrons. The molecule has 11 heteroatoms. The number of rotatable bonds is 4. The quantitative estimate of drug-likeness (QED) is 0.315. The molecular weight excluding hydrogens is 549 g/mol. The van der Waals surface area contributed by atoms with Gasteiger partial charge in [0.05, 0.1) is 22.3 Å². The molecule has 3 aromatic carbocycles. The number of piperazine rings is 1. The van der Waals surface area contributed by atoms with Gasteiger partial charge in [-0.1, -0.05) is 23.2 Å². The van der Waals surface area contributed by atoms with Crippen molar-refractivity contribution in [2.24, 2.45) is 0 Å². The molecule has 1 fully saturated rings. The highest BCUT2D eigenvalue weighted by Gasteiger charge is 2.47. The molecule has 0 N–H and O–H groups in total. The Balaban J connectivity index is 1.30. The van der Waals surface area contributed by atoms with Crippen LogP contribution in [0.1, 0.15) is 21.5 Å². The molecule has 39 heavy (non-hydrogen) atoms. The predicted octanol–water partition coefficient (Wildman–Crippen LogP) is 5.70. The third-order valence-electron chi connectivity index (χ3n) is 6.72. The van der Waals surface area contributed by atoms with Crippen molar-refractivity contribution in [2.75, 3.05) is 31.1 Å². The first kappa shape index (κ1) is 25.3. The number of carbonyl (C=O) groups is 1. The van der Waals surface area contributed by atoms with E-state index < -0.39 is 23.3 Å². The van der Waals surface area contributed by atoms with E-state index in [4.69, 9.17) is 32.7 Å². The topological polar surface area (TPSA) is 67.8 Å². The Kier molecular flexibility index (Phi) is 6.48. The molecule has 1 aromatic heterocycles. The lowest BCUT2D eigenvalue weighted by atomic mass is 9.97. The second kappa shape index (κ2) is 9.98. The molecule has 1 unspecified atom stereocenters. The van der Waals surface area contributed by atoms with Crippen LogP contribution in [0.5, 0.6) is 11.5 Å². The summed E-state index contributed by atoms with van der Waals surface area (Å²) in [6, 6.07) is 12.7. The van der Waals surface area contributed by atoms with Gasteiger partial charge in [0.2, 0.25) is 0 Å². The van der Waals surface area contributed by atoms with Crippen molar-refractivity contribution in [3.05, 3.63) is 112 Å². The molecule has 0 spiro atoms. The van der Waals surface area contributed by atoms with E-state index in [2.05, 4.69) is 9.97 Å². The number of carbonyl (C=O) groups excluding carboxylic acids is 1. The maximum absolute atomic E-state index is 15.3. The molecule has 1 amide bonds. The second-order valence-corrected chi connectivity index (χ2v) is 9.92. The largest absolute Gasteiger partial charge is 0.440 e. The van der Waals surface area contributed by atoms with Crippen LogP contribution in [0.2, 0.25) is 10.0 Å². The zero-order valence-corrected chi connectivity index (χ0v) is 21.8. The molecule has 2 aliphatic heterocycles. The molecule has 4 aromatic rings. The van der Waals surface area contributed by atoms with Crippen molar-refractivity contribution >= 4 is 34.9 Å². The van der Waals surface area contributed by atoms with E-state index in [-0.39, 0.29) is 22.1 Å². The Morgan fingerprint density at radius 1 is 0.897 bits per heavy atom. The summed E-state index contributed by atoms with van der Waals surface area (Å²) < 4.78 is 41.6. The fourth-order valence-electron chi connectivity index (χ4n) is 4.76. The van der Waals surface area contributed by atoms with Crippen molar-refractivity contribution in [1.29, 1.82) is 0 Å². The van der Waals surface area contributed by atoms with Gasteiger partial charge in [-0.15, -0.1) is 0 Å². The average Bonchev–Trinajstić information content (AvgIpc) is 3.32. The number of ether oxygens (including phenoxy) is 2. The number of hydrogen-bond donors (Lipinski definition) is 0. The fraction of sp³-hybridized carbons (Fsp3) is 0.179. The van der Waals surface area contributed by atoms with E-state index in [9.17, 15) is 9.18 Å². The van der Waals surface area contributed by atoms with Crippen LogP contribution in [0.25, 0.3) is 0 Å². The number of anilines is 1. The molecule has 3 heterocycles. The number of nitrogens with zero attached hydrogens (tertiary/aromatic N) is 4. The van der Waals surface area contributed by atoms with Crippen molar-refractivity contribution in [3.8, 4) is 11.5 Å². The molecule has 198 valence electrons. The molecule has 0 aliphatic carbocycles. The number of benzene rings is 3. The molecule has 7 nitrogen and oxygen atoms in total. The molecule has 0 saturated carbocycles. The lowest BCUT2D eigenvalue weighted by molar-refractivity contribution is -0.0459. The molecule has 1 saturated heterocycles. The van der Waals surface area contributed by atoms with Gasteiger partial charge < -0.3 is 19.3 Å².